The van der Waals surface area contributed by atoms with Gasteiger partial charge in [-0.15, -0.1) is 0 Å². The summed E-state index contributed by atoms with van der Waals surface area (Å²) in [5, 5.41) is 6.98. The number of ether oxygens (including phenoxy) is 1. The molecule has 1 N–H and O–H groups in total. The first-order valence-electron chi connectivity index (χ1n) is 9.58. The summed E-state index contributed by atoms with van der Waals surface area (Å²) in [4.78, 5) is 17.2. The van der Waals surface area contributed by atoms with E-state index in [0.29, 0.717) is 23.2 Å². The molecule has 1 aromatic heterocycles. The Morgan fingerprint density at radius 3 is 2.69 bits per heavy atom. The molecule has 1 amide bonds. The summed E-state index contributed by atoms with van der Waals surface area (Å²) in [5.74, 6) is 0.959. The average Bonchev–Trinajstić information content (AvgIpc) is 3.46. The molecule has 2 aromatic carbocycles. The zero-order chi connectivity index (χ0) is 20.4. The van der Waals surface area contributed by atoms with Crippen LogP contribution in [0.2, 0.25) is 0 Å². The summed E-state index contributed by atoms with van der Waals surface area (Å²) in [7, 11) is 1.56. The fourth-order valence-electron chi connectivity index (χ4n) is 3.30. The van der Waals surface area contributed by atoms with E-state index in [4.69, 9.17) is 9.26 Å². The lowest BCUT2D eigenvalue weighted by Gasteiger charge is -2.24. The van der Waals surface area contributed by atoms with Crippen molar-refractivity contribution < 1.29 is 18.4 Å². The highest BCUT2D eigenvalue weighted by Crippen LogP contribution is 2.39. The molecule has 1 aliphatic carbocycles. The van der Waals surface area contributed by atoms with Crippen LogP contribution >= 0.6 is 0 Å². The molecule has 0 spiro atoms. The van der Waals surface area contributed by atoms with Gasteiger partial charge >= 0.3 is 0 Å². The smallest absolute Gasteiger partial charge is 0.251 e. The first kappa shape index (κ1) is 19.3. The fourth-order valence-corrected chi connectivity index (χ4v) is 3.30. The summed E-state index contributed by atoms with van der Waals surface area (Å²) in [6, 6.07) is 12.8. The molecule has 0 bridgehead atoms. The number of methoxy groups -OCH3 is 1. The second-order valence-electron chi connectivity index (χ2n) is 7.28. The molecule has 1 saturated carbocycles. The van der Waals surface area contributed by atoms with Gasteiger partial charge in [0.15, 0.2) is 0 Å². The molecular formula is C22H22FN3O3. The minimum Gasteiger partial charge on any atom is -0.375 e. The van der Waals surface area contributed by atoms with E-state index in [1.807, 2.05) is 13.0 Å². The van der Waals surface area contributed by atoms with Gasteiger partial charge in [-0.3, -0.25) is 4.79 Å². The number of nitrogens with one attached hydrogen (secondary N) is 1. The molecule has 0 radical (unpaired) electrons. The molecule has 1 heterocycles. The van der Waals surface area contributed by atoms with Crippen LogP contribution in [0.3, 0.4) is 0 Å². The van der Waals surface area contributed by atoms with E-state index in [2.05, 4.69) is 15.5 Å². The molecule has 150 valence electrons. The summed E-state index contributed by atoms with van der Waals surface area (Å²) in [6.45, 7) is 1.85. The number of rotatable bonds is 7. The third-order valence-electron chi connectivity index (χ3n) is 5.02. The topological polar surface area (TPSA) is 77.2 Å². The average molecular weight is 395 g/mol. The zero-order valence-corrected chi connectivity index (χ0v) is 16.3. The van der Waals surface area contributed by atoms with Gasteiger partial charge in [0.25, 0.3) is 5.91 Å². The molecule has 3 aromatic rings. The number of nitrogens with zero attached hydrogens (tertiary/aromatic N) is 2. The Labute approximate surface area is 168 Å². The van der Waals surface area contributed by atoms with Crippen molar-refractivity contribution in [3.05, 3.63) is 71.4 Å². The van der Waals surface area contributed by atoms with E-state index in [1.54, 1.807) is 37.4 Å². The van der Waals surface area contributed by atoms with Crippen molar-refractivity contribution in [3.63, 3.8) is 0 Å². The molecule has 2 atom stereocenters. The highest BCUT2D eigenvalue weighted by molar-refractivity contribution is 5.95. The molecule has 6 nitrogen and oxygen atoms in total. The largest absolute Gasteiger partial charge is 0.375 e. The van der Waals surface area contributed by atoms with Gasteiger partial charge in [0.05, 0.1) is 6.04 Å². The quantitative estimate of drug-likeness (QED) is 0.647. The fraction of sp³-hybridized carbons (Fsp3) is 0.318. The third-order valence-corrected chi connectivity index (χ3v) is 5.02. The Bertz CT molecular complexity index is 999. The number of halogens is 1. The monoisotopic (exact) mass is 395 g/mol. The molecule has 29 heavy (non-hydrogen) atoms. The van der Waals surface area contributed by atoms with E-state index in [-0.39, 0.29) is 17.8 Å². The lowest BCUT2D eigenvalue weighted by atomic mass is 10.0. The molecule has 1 aliphatic rings. The summed E-state index contributed by atoms with van der Waals surface area (Å²) < 4.78 is 24.0. The van der Waals surface area contributed by atoms with Crippen LogP contribution in [0.25, 0.3) is 11.4 Å². The SMILES string of the molecule is CO[C@H](c1ccc(F)cc1)[C@H](C)NC(=O)c1cccc(-c2noc(C3CC3)n2)c1. The van der Waals surface area contributed by atoms with Crippen molar-refractivity contribution in [1.82, 2.24) is 15.5 Å². The lowest BCUT2D eigenvalue weighted by Crippen LogP contribution is -2.37. The van der Waals surface area contributed by atoms with E-state index < -0.39 is 6.10 Å². The van der Waals surface area contributed by atoms with Crippen molar-refractivity contribution in [2.24, 2.45) is 0 Å². The Kier molecular flexibility index (Phi) is 5.40. The predicted molar refractivity (Wildman–Crippen MR) is 105 cm³/mol. The van der Waals surface area contributed by atoms with Crippen LogP contribution < -0.4 is 5.32 Å². The van der Waals surface area contributed by atoms with Crippen LogP contribution in [0.15, 0.2) is 53.1 Å². The molecule has 0 unspecified atom stereocenters. The highest BCUT2D eigenvalue weighted by atomic mass is 19.1. The second-order valence-corrected chi connectivity index (χ2v) is 7.28. The maximum Gasteiger partial charge on any atom is 0.251 e. The minimum atomic E-state index is -0.402. The van der Waals surface area contributed by atoms with Gasteiger partial charge in [-0.2, -0.15) is 4.98 Å². The Hall–Kier alpha value is -3.06. The Balaban J connectivity index is 1.47. The normalized spacial score (nSPS) is 15.7. The van der Waals surface area contributed by atoms with Gasteiger partial charge in [0.2, 0.25) is 11.7 Å². The lowest BCUT2D eigenvalue weighted by molar-refractivity contribution is 0.0644. The van der Waals surface area contributed by atoms with Crippen LogP contribution in [0.1, 0.15) is 53.6 Å². The number of carbonyl (C=O) groups excluding carboxylic acids is 1. The highest BCUT2D eigenvalue weighted by Gasteiger charge is 2.30. The Morgan fingerprint density at radius 1 is 1.24 bits per heavy atom. The minimum absolute atomic E-state index is 0.241. The van der Waals surface area contributed by atoms with Gasteiger partial charge in [-0.05, 0) is 49.6 Å². The van der Waals surface area contributed by atoms with E-state index in [1.165, 1.54) is 12.1 Å². The van der Waals surface area contributed by atoms with Gasteiger partial charge in [0.1, 0.15) is 11.9 Å². The third kappa shape index (κ3) is 4.35. The predicted octanol–water partition coefficient (Wildman–Crippen LogP) is 4.26. The van der Waals surface area contributed by atoms with Crippen LogP contribution in [0, 0.1) is 5.82 Å². The first-order chi connectivity index (χ1) is 14.0. The summed E-state index contributed by atoms with van der Waals surface area (Å²) in [5.41, 5.74) is 2.00. The summed E-state index contributed by atoms with van der Waals surface area (Å²) >= 11 is 0. The molecule has 4 rings (SSSR count). The van der Waals surface area contributed by atoms with Gasteiger partial charge in [0, 0.05) is 24.2 Å². The van der Waals surface area contributed by atoms with Gasteiger partial charge < -0.3 is 14.6 Å². The van der Waals surface area contributed by atoms with Crippen LogP contribution in [-0.4, -0.2) is 29.2 Å². The molecule has 7 heteroatoms. The van der Waals surface area contributed by atoms with Gasteiger partial charge in [-0.1, -0.05) is 29.4 Å². The van der Waals surface area contributed by atoms with Crippen LogP contribution in [-0.2, 0) is 4.74 Å². The van der Waals surface area contributed by atoms with Crippen LogP contribution in [0.4, 0.5) is 4.39 Å². The van der Waals surface area contributed by atoms with Crippen molar-refractivity contribution in [2.75, 3.05) is 7.11 Å². The standard InChI is InChI=1S/C22H22FN3O3/c1-13(19(28-2)14-8-10-18(23)11-9-14)24-21(27)17-5-3-4-16(12-17)20-25-22(29-26-20)15-6-7-15/h3-5,8-13,15,19H,6-7H2,1-2H3,(H,24,27)/t13-,19-/m0/s1. The Morgan fingerprint density at radius 2 is 2.00 bits per heavy atom. The van der Waals surface area contributed by atoms with E-state index in [0.717, 1.165) is 24.0 Å². The number of carbonyl (C=O) groups is 1. The van der Waals surface area contributed by atoms with Crippen molar-refractivity contribution >= 4 is 5.91 Å². The number of hydrogen-bond donors (Lipinski definition) is 1. The molecule has 1 fully saturated rings. The second kappa shape index (κ2) is 8.13. The maximum atomic E-state index is 13.2. The van der Waals surface area contributed by atoms with E-state index >= 15 is 0 Å². The number of amides is 1. The van der Waals surface area contributed by atoms with E-state index in [9.17, 15) is 9.18 Å². The van der Waals surface area contributed by atoms with Crippen molar-refractivity contribution in [1.29, 1.82) is 0 Å². The maximum absolute atomic E-state index is 13.2. The first-order valence-corrected chi connectivity index (χ1v) is 9.58. The molecular weight excluding hydrogens is 373 g/mol. The molecule has 0 aliphatic heterocycles. The van der Waals surface area contributed by atoms with Crippen molar-refractivity contribution in [2.45, 2.75) is 37.8 Å². The summed E-state index contributed by atoms with van der Waals surface area (Å²) in [6.07, 6.45) is 1.76. The number of aromatic nitrogens is 2. The number of benzene rings is 2. The van der Waals surface area contributed by atoms with Crippen molar-refractivity contribution in [3.8, 4) is 11.4 Å². The van der Waals surface area contributed by atoms with Gasteiger partial charge in [-0.25, -0.2) is 4.39 Å². The van der Waals surface area contributed by atoms with Crippen LogP contribution in [0.5, 0.6) is 0 Å². The number of hydrogen-bond acceptors (Lipinski definition) is 5. The molecule has 0 saturated heterocycles. The zero-order valence-electron chi connectivity index (χ0n) is 16.3.